The highest BCUT2D eigenvalue weighted by Crippen LogP contribution is 2.34. The number of aryl methyl sites for hydroxylation is 1. The Labute approximate surface area is 187 Å². The van der Waals surface area contributed by atoms with Gasteiger partial charge in [-0.05, 0) is 26.8 Å². The summed E-state index contributed by atoms with van der Waals surface area (Å²) in [4.78, 5) is 16.6. The molecule has 2 aromatic rings. The summed E-state index contributed by atoms with van der Waals surface area (Å²) < 4.78 is 12.8. The zero-order valence-electron chi connectivity index (χ0n) is 18.0. The summed E-state index contributed by atoms with van der Waals surface area (Å²) in [6.07, 6.45) is -0.319. The second-order valence-corrected chi connectivity index (χ2v) is 9.13. The van der Waals surface area contributed by atoms with Gasteiger partial charge in [-0.3, -0.25) is 9.58 Å². The van der Waals surface area contributed by atoms with Crippen molar-refractivity contribution in [3.63, 3.8) is 0 Å². The highest BCUT2D eigenvalue weighted by Gasteiger charge is 2.34. The minimum Gasteiger partial charge on any atom is -0.444 e. The van der Waals surface area contributed by atoms with Crippen molar-refractivity contribution >= 4 is 35.1 Å². The van der Waals surface area contributed by atoms with E-state index in [9.17, 15) is 4.79 Å². The number of hydrogen-bond acceptors (Lipinski definition) is 5. The standard InChI is InChI=1S/C21H28Cl2N4O3/c1-21(2,3)30-20(28)27-10-9-26(12-14(27)13-29-5)18-11-17(24-25(18)4)15-7-6-8-16(22)19(15)23/h6-8,11,14H,9-10,12-13H2,1-5H3. The largest absolute Gasteiger partial charge is 0.444 e. The van der Waals surface area contributed by atoms with Crippen molar-refractivity contribution in [3.8, 4) is 11.3 Å². The second kappa shape index (κ2) is 9.04. The Balaban J connectivity index is 1.82. The van der Waals surface area contributed by atoms with E-state index in [1.165, 1.54) is 0 Å². The van der Waals surface area contributed by atoms with Crippen LogP contribution in [0, 0.1) is 0 Å². The van der Waals surface area contributed by atoms with Crippen molar-refractivity contribution in [1.82, 2.24) is 14.7 Å². The predicted molar refractivity (Wildman–Crippen MR) is 119 cm³/mol. The highest BCUT2D eigenvalue weighted by molar-refractivity contribution is 6.43. The van der Waals surface area contributed by atoms with Crippen LogP contribution in [0.1, 0.15) is 20.8 Å². The third-order valence-corrected chi connectivity index (χ3v) is 5.70. The van der Waals surface area contributed by atoms with Crippen molar-refractivity contribution in [1.29, 1.82) is 0 Å². The van der Waals surface area contributed by atoms with E-state index in [0.717, 1.165) is 17.1 Å². The number of methoxy groups -OCH3 is 1. The molecule has 164 valence electrons. The van der Waals surface area contributed by atoms with Crippen LogP contribution in [0.25, 0.3) is 11.3 Å². The first-order valence-corrected chi connectivity index (χ1v) is 10.6. The van der Waals surface area contributed by atoms with E-state index in [0.29, 0.717) is 36.3 Å². The van der Waals surface area contributed by atoms with Crippen molar-refractivity contribution in [2.75, 3.05) is 38.3 Å². The maximum atomic E-state index is 12.7. The lowest BCUT2D eigenvalue weighted by Gasteiger charge is -2.42. The molecule has 1 aromatic heterocycles. The number of carbonyl (C=O) groups excluding carboxylic acids is 1. The third-order valence-electron chi connectivity index (χ3n) is 4.88. The van der Waals surface area contributed by atoms with Gasteiger partial charge in [-0.15, -0.1) is 0 Å². The van der Waals surface area contributed by atoms with E-state index < -0.39 is 5.60 Å². The molecule has 9 heteroatoms. The lowest BCUT2D eigenvalue weighted by Crippen LogP contribution is -2.58. The topological polar surface area (TPSA) is 59.8 Å². The Kier molecular flexibility index (Phi) is 6.84. The molecular formula is C21H28Cl2N4O3. The van der Waals surface area contributed by atoms with E-state index in [4.69, 9.17) is 32.7 Å². The van der Waals surface area contributed by atoms with Crippen LogP contribution in [-0.4, -0.2) is 65.8 Å². The zero-order valence-corrected chi connectivity index (χ0v) is 19.5. The lowest BCUT2D eigenvalue weighted by atomic mass is 10.1. The number of anilines is 1. The smallest absolute Gasteiger partial charge is 0.410 e. The van der Waals surface area contributed by atoms with Gasteiger partial charge in [-0.2, -0.15) is 5.10 Å². The highest BCUT2D eigenvalue weighted by atomic mass is 35.5. The van der Waals surface area contributed by atoms with E-state index in [1.807, 2.05) is 50.7 Å². The molecule has 1 aliphatic rings. The molecule has 7 nitrogen and oxygen atoms in total. The Morgan fingerprint density at radius 2 is 2.00 bits per heavy atom. The van der Waals surface area contributed by atoms with Crippen molar-refractivity contribution in [2.45, 2.75) is 32.4 Å². The van der Waals surface area contributed by atoms with Gasteiger partial charge < -0.3 is 14.4 Å². The summed E-state index contributed by atoms with van der Waals surface area (Å²) >= 11 is 12.5. The third kappa shape index (κ3) is 5.02. The van der Waals surface area contributed by atoms with Crippen LogP contribution in [-0.2, 0) is 16.5 Å². The van der Waals surface area contributed by atoms with Crippen LogP contribution in [0.4, 0.5) is 10.6 Å². The molecule has 0 bridgehead atoms. The lowest BCUT2D eigenvalue weighted by molar-refractivity contribution is 0.00334. The number of amides is 1. The van der Waals surface area contributed by atoms with E-state index >= 15 is 0 Å². The van der Waals surface area contributed by atoms with Crippen molar-refractivity contribution in [2.24, 2.45) is 7.05 Å². The number of aromatic nitrogens is 2. The average molecular weight is 455 g/mol. The second-order valence-electron chi connectivity index (χ2n) is 8.34. The molecule has 0 spiro atoms. The first-order chi connectivity index (χ1) is 14.1. The van der Waals surface area contributed by atoms with Gasteiger partial charge in [0.2, 0.25) is 0 Å². The molecular weight excluding hydrogens is 427 g/mol. The minimum absolute atomic E-state index is 0.133. The quantitative estimate of drug-likeness (QED) is 0.681. The number of rotatable bonds is 4. The van der Waals surface area contributed by atoms with Crippen LogP contribution in [0.3, 0.4) is 0 Å². The van der Waals surface area contributed by atoms with Crippen molar-refractivity contribution < 1.29 is 14.3 Å². The number of halogens is 2. The minimum atomic E-state index is -0.543. The monoisotopic (exact) mass is 454 g/mol. The zero-order chi connectivity index (χ0) is 22.1. The molecule has 1 atom stereocenters. The molecule has 0 N–H and O–H groups in total. The maximum Gasteiger partial charge on any atom is 0.410 e. The molecule has 1 aliphatic heterocycles. The van der Waals surface area contributed by atoms with Crippen LogP contribution in [0.15, 0.2) is 24.3 Å². The number of benzene rings is 1. The fourth-order valence-electron chi connectivity index (χ4n) is 3.55. The first-order valence-electron chi connectivity index (χ1n) is 9.82. The molecule has 0 aliphatic carbocycles. The molecule has 0 radical (unpaired) electrons. The molecule has 1 unspecified atom stereocenters. The fraction of sp³-hybridized carbons (Fsp3) is 0.524. The van der Waals surface area contributed by atoms with Crippen LogP contribution in [0.2, 0.25) is 10.0 Å². The number of piperazine rings is 1. The van der Waals surface area contributed by atoms with Gasteiger partial charge in [-0.25, -0.2) is 4.79 Å². The molecule has 1 saturated heterocycles. The molecule has 0 saturated carbocycles. The van der Waals surface area contributed by atoms with E-state index in [-0.39, 0.29) is 12.1 Å². The molecule has 30 heavy (non-hydrogen) atoms. The average Bonchev–Trinajstić information content (AvgIpc) is 3.04. The van der Waals surface area contributed by atoms with Gasteiger partial charge in [-0.1, -0.05) is 35.3 Å². The summed E-state index contributed by atoms with van der Waals surface area (Å²) in [6.45, 7) is 7.80. The van der Waals surface area contributed by atoms with Gasteiger partial charge in [0, 0.05) is 45.4 Å². The Hall–Kier alpha value is -1.96. The summed E-state index contributed by atoms with van der Waals surface area (Å²) in [6, 6.07) is 7.36. The summed E-state index contributed by atoms with van der Waals surface area (Å²) in [5, 5.41) is 5.60. The van der Waals surface area contributed by atoms with Gasteiger partial charge in [0.25, 0.3) is 0 Å². The maximum absolute atomic E-state index is 12.7. The number of ether oxygens (including phenoxy) is 2. The summed E-state index contributed by atoms with van der Waals surface area (Å²) in [5.74, 6) is 0.936. The molecule has 3 rings (SSSR count). The van der Waals surface area contributed by atoms with E-state index in [1.54, 1.807) is 18.1 Å². The summed E-state index contributed by atoms with van der Waals surface area (Å²) in [5.41, 5.74) is 0.989. The fourth-order valence-corrected chi connectivity index (χ4v) is 3.94. The van der Waals surface area contributed by atoms with Crippen LogP contribution in [0.5, 0.6) is 0 Å². The van der Waals surface area contributed by atoms with Gasteiger partial charge in [0.1, 0.15) is 11.4 Å². The molecule has 1 aromatic carbocycles. The van der Waals surface area contributed by atoms with E-state index in [2.05, 4.69) is 10.00 Å². The SMILES string of the molecule is COCC1CN(c2cc(-c3cccc(Cl)c3Cl)nn2C)CCN1C(=O)OC(C)(C)C. The predicted octanol–water partition coefficient (Wildman–Crippen LogP) is 4.47. The van der Waals surface area contributed by atoms with Crippen LogP contribution < -0.4 is 4.90 Å². The Morgan fingerprint density at radius 1 is 1.27 bits per heavy atom. The first kappa shape index (κ1) is 22.7. The van der Waals surface area contributed by atoms with Gasteiger partial charge >= 0.3 is 6.09 Å². The number of hydrogen-bond donors (Lipinski definition) is 0. The normalized spacial score (nSPS) is 17.4. The van der Waals surface area contributed by atoms with Gasteiger partial charge in [0.05, 0.1) is 28.4 Å². The van der Waals surface area contributed by atoms with Gasteiger partial charge in [0.15, 0.2) is 0 Å². The number of nitrogens with zero attached hydrogens (tertiary/aromatic N) is 4. The summed E-state index contributed by atoms with van der Waals surface area (Å²) in [7, 11) is 3.53. The Morgan fingerprint density at radius 3 is 2.67 bits per heavy atom. The molecule has 2 heterocycles. The Bertz CT molecular complexity index is 910. The number of carbonyl (C=O) groups is 1. The van der Waals surface area contributed by atoms with Crippen LogP contribution >= 0.6 is 23.2 Å². The molecule has 1 fully saturated rings. The van der Waals surface area contributed by atoms with Crippen molar-refractivity contribution in [3.05, 3.63) is 34.3 Å². The molecule has 1 amide bonds.